The van der Waals surface area contributed by atoms with Crippen molar-refractivity contribution in [2.24, 2.45) is 5.73 Å². The Balaban J connectivity index is 1.92. The van der Waals surface area contributed by atoms with Gasteiger partial charge in [0, 0.05) is 29.8 Å². The van der Waals surface area contributed by atoms with Crippen molar-refractivity contribution in [1.29, 1.82) is 0 Å². The molecule has 0 amide bonds. The molecule has 3 aromatic carbocycles. The zero-order chi connectivity index (χ0) is 26.0. The lowest BCUT2D eigenvalue weighted by atomic mass is 9.97. The van der Waals surface area contributed by atoms with Crippen molar-refractivity contribution >= 4 is 9.84 Å². The lowest BCUT2D eigenvalue weighted by molar-refractivity contribution is 0.495. The van der Waals surface area contributed by atoms with Crippen molar-refractivity contribution in [3.63, 3.8) is 0 Å². The third-order valence-electron chi connectivity index (χ3n) is 6.06. The molecule has 2 N–H and O–H groups in total. The first-order chi connectivity index (χ1) is 17.1. The van der Waals surface area contributed by atoms with E-state index in [2.05, 4.69) is 5.10 Å². The first-order valence-electron chi connectivity index (χ1n) is 11.2. The van der Waals surface area contributed by atoms with E-state index in [9.17, 15) is 22.0 Å². The molecular formula is C27H25F2N3O3S. The first-order valence-corrected chi connectivity index (χ1v) is 13.1. The Morgan fingerprint density at radius 1 is 0.944 bits per heavy atom. The highest BCUT2D eigenvalue weighted by Crippen LogP contribution is 2.28. The molecule has 4 aromatic rings. The van der Waals surface area contributed by atoms with Crippen LogP contribution in [-0.2, 0) is 22.8 Å². The van der Waals surface area contributed by atoms with Crippen molar-refractivity contribution in [2.45, 2.75) is 30.8 Å². The van der Waals surface area contributed by atoms with E-state index in [1.165, 1.54) is 36.4 Å². The molecule has 36 heavy (non-hydrogen) atoms. The number of hydrogen-bond acceptors (Lipinski definition) is 5. The van der Waals surface area contributed by atoms with Crippen LogP contribution in [0, 0.1) is 18.6 Å². The minimum absolute atomic E-state index is 0.0201. The predicted octanol–water partition coefficient (Wildman–Crippen LogP) is 4.19. The van der Waals surface area contributed by atoms with Gasteiger partial charge in [0.05, 0.1) is 22.7 Å². The summed E-state index contributed by atoms with van der Waals surface area (Å²) in [5.74, 6) is -1.32. The zero-order valence-corrected chi connectivity index (χ0v) is 20.6. The fourth-order valence-corrected chi connectivity index (χ4v) is 5.13. The average Bonchev–Trinajstić information content (AvgIpc) is 2.84. The van der Waals surface area contributed by atoms with E-state index in [1.807, 2.05) is 30.3 Å². The highest BCUT2D eigenvalue weighted by atomic mass is 32.2. The van der Waals surface area contributed by atoms with Crippen LogP contribution in [0.15, 0.2) is 82.5 Å². The second kappa shape index (κ2) is 10.1. The summed E-state index contributed by atoms with van der Waals surface area (Å²) in [6, 6.07) is 18.2. The van der Waals surface area contributed by atoms with Gasteiger partial charge in [-0.3, -0.25) is 4.79 Å². The van der Waals surface area contributed by atoms with Crippen LogP contribution in [0.3, 0.4) is 0 Å². The molecular weight excluding hydrogens is 484 g/mol. The fraction of sp³-hybridized carbons (Fsp3) is 0.185. The topological polar surface area (TPSA) is 95.1 Å². The molecule has 186 valence electrons. The van der Waals surface area contributed by atoms with Crippen molar-refractivity contribution in [3.05, 3.63) is 117 Å². The molecule has 9 heteroatoms. The Morgan fingerprint density at radius 3 is 2.25 bits per heavy atom. The molecule has 1 heterocycles. The molecule has 0 saturated heterocycles. The van der Waals surface area contributed by atoms with Crippen LogP contribution >= 0.6 is 0 Å². The van der Waals surface area contributed by atoms with Crippen LogP contribution in [-0.4, -0.2) is 24.5 Å². The van der Waals surface area contributed by atoms with Crippen LogP contribution < -0.4 is 11.3 Å². The van der Waals surface area contributed by atoms with Gasteiger partial charge in [-0.15, -0.1) is 0 Å². The van der Waals surface area contributed by atoms with Gasteiger partial charge < -0.3 is 5.73 Å². The standard InChI is InChI=1S/C27H25F2N3O3S/c1-17-24(15-20-22(29)13-8-14-25(20)36(2,34)35)31-32(16-23(30)18-9-4-3-5-10-18)27(33)26(17)19-11-6-7-12-21(19)28/h3-14,23H,15-16,30H2,1-2H3. The Morgan fingerprint density at radius 2 is 1.58 bits per heavy atom. The second-order valence-electron chi connectivity index (χ2n) is 8.60. The number of aromatic nitrogens is 2. The number of halogens is 2. The molecule has 0 fully saturated rings. The number of hydrogen-bond donors (Lipinski definition) is 1. The molecule has 0 bridgehead atoms. The summed E-state index contributed by atoms with van der Waals surface area (Å²) < 4.78 is 55.5. The highest BCUT2D eigenvalue weighted by molar-refractivity contribution is 7.90. The summed E-state index contributed by atoms with van der Waals surface area (Å²) in [5, 5.41) is 4.45. The second-order valence-corrected chi connectivity index (χ2v) is 10.6. The van der Waals surface area contributed by atoms with Gasteiger partial charge in [-0.1, -0.05) is 54.6 Å². The summed E-state index contributed by atoms with van der Waals surface area (Å²) in [7, 11) is -3.75. The molecule has 0 aliphatic rings. The Hall–Kier alpha value is -3.69. The Kier molecular flexibility index (Phi) is 7.14. The molecule has 0 spiro atoms. The summed E-state index contributed by atoms with van der Waals surface area (Å²) in [5.41, 5.74) is 7.20. The number of benzene rings is 3. The first kappa shape index (κ1) is 25.4. The fourth-order valence-electron chi connectivity index (χ4n) is 4.19. The average molecular weight is 510 g/mol. The zero-order valence-electron chi connectivity index (χ0n) is 19.8. The van der Waals surface area contributed by atoms with E-state index >= 15 is 0 Å². The molecule has 6 nitrogen and oxygen atoms in total. The van der Waals surface area contributed by atoms with E-state index in [0.29, 0.717) is 5.56 Å². The third kappa shape index (κ3) is 5.12. The highest BCUT2D eigenvalue weighted by Gasteiger charge is 2.23. The van der Waals surface area contributed by atoms with Crippen molar-refractivity contribution in [2.75, 3.05) is 6.26 Å². The van der Waals surface area contributed by atoms with Gasteiger partial charge in [0.25, 0.3) is 5.56 Å². The summed E-state index contributed by atoms with van der Waals surface area (Å²) in [4.78, 5) is 13.3. The number of rotatable bonds is 7. The lowest BCUT2D eigenvalue weighted by Crippen LogP contribution is -2.32. The monoisotopic (exact) mass is 509 g/mol. The van der Waals surface area contributed by atoms with Gasteiger partial charge in [-0.25, -0.2) is 21.9 Å². The molecule has 0 radical (unpaired) electrons. The third-order valence-corrected chi connectivity index (χ3v) is 7.24. The summed E-state index contributed by atoms with van der Waals surface area (Å²) in [6.45, 7) is 1.57. The largest absolute Gasteiger partial charge is 0.322 e. The van der Waals surface area contributed by atoms with Crippen LogP contribution in [0.25, 0.3) is 11.1 Å². The minimum atomic E-state index is -3.75. The van der Waals surface area contributed by atoms with Gasteiger partial charge in [0.15, 0.2) is 9.84 Å². The minimum Gasteiger partial charge on any atom is -0.322 e. The van der Waals surface area contributed by atoms with Crippen molar-refractivity contribution < 1.29 is 17.2 Å². The maximum Gasteiger partial charge on any atom is 0.275 e. The van der Waals surface area contributed by atoms with Gasteiger partial charge in [-0.05, 0) is 36.2 Å². The van der Waals surface area contributed by atoms with Gasteiger partial charge in [0.2, 0.25) is 0 Å². The smallest absolute Gasteiger partial charge is 0.275 e. The van der Waals surface area contributed by atoms with Crippen LogP contribution in [0.5, 0.6) is 0 Å². The molecule has 0 saturated carbocycles. The molecule has 1 unspecified atom stereocenters. The molecule has 0 aliphatic carbocycles. The normalized spacial score (nSPS) is 12.5. The quantitative estimate of drug-likeness (QED) is 0.403. The number of nitrogens with two attached hydrogens (primary N) is 1. The molecule has 1 aromatic heterocycles. The molecule has 1 atom stereocenters. The number of sulfone groups is 1. The van der Waals surface area contributed by atoms with E-state index in [1.54, 1.807) is 13.0 Å². The van der Waals surface area contributed by atoms with Crippen LogP contribution in [0.1, 0.15) is 28.4 Å². The van der Waals surface area contributed by atoms with Crippen molar-refractivity contribution in [1.82, 2.24) is 9.78 Å². The maximum absolute atomic E-state index is 14.9. The maximum atomic E-state index is 14.9. The summed E-state index contributed by atoms with van der Waals surface area (Å²) >= 11 is 0. The number of nitrogens with zero attached hydrogens (tertiary/aromatic N) is 2. The van der Waals surface area contributed by atoms with E-state index < -0.39 is 33.1 Å². The van der Waals surface area contributed by atoms with Crippen molar-refractivity contribution in [3.8, 4) is 11.1 Å². The Bertz CT molecular complexity index is 1590. The Labute approximate surface area is 208 Å². The van der Waals surface area contributed by atoms with Gasteiger partial charge in [-0.2, -0.15) is 5.10 Å². The summed E-state index contributed by atoms with van der Waals surface area (Å²) in [6.07, 6.45) is 0.777. The van der Waals surface area contributed by atoms with E-state index in [0.717, 1.165) is 16.5 Å². The van der Waals surface area contributed by atoms with E-state index in [-0.39, 0.29) is 40.2 Å². The molecule has 4 rings (SSSR count). The van der Waals surface area contributed by atoms with Crippen LogP contribution in [0.2, 0.25) is 0 Å². The van der Waals surface area contributed by atoms with Gasteiger partial charge in [0.1, 0.15) is 11.6 Å². The SMILES string of the molecule is Cc1c(Cc2c(F)cccc2S(C)(=O)=O)nn(CC(N)c2ccccc2)c(=O)c1-c1ccccc1F. The predicted molar refractivity (Wildman–Crippen MR) is 134 cm³/mol. The van der Waals surface area contributed by atoms with Gasteiger partial charge >= 0.3 is 0 Å². The van der Waals surface area contributed by atoms with E-state index in [4.69, 9.17) is 5.73 Å². The lowest BCUT2D eigenvalue weighted by Gasteiger charge is -2.19. The van der Waals surface area contributed by atoms with Crippen LogP contribution in [0.4, 0.5) is 8.78 Å². The molecule has 0 aliphatic heterocycles.